The SMILES string of the molecule is COc1cc(Cl)ccc1C(O)Cc1ccccc1. The van der Waals surface area contributed by atoms with Crippen LogP contribution >= 0.6 is 11.6 Å². The highest BCUT2D eigenvalue weighted by Gasteiger charge is 2.14. The Kier molecular flexibility index (Phi) is 4.24. The maximum Gasteiger partial charge on any atom is 0.126 e. The van der Waals surface area contributed by atoms with Crippen molar-refractivity contribution in [3.8, 4) is 5.75 Å². The highest BCUT2D eigenvalue weighted by molar-refractivity contribution is 6.30. The molecule has 0 aliphatic heterocycles. The van der Waals surface area contributed by atoms with Crippen LogP contribution in [-0.2, 0) is 6.42 Å². The molecule has 0 amide bonds. The highest BCUT2D eigenvalue weighted by Crippen LogP contribution is 2.30. The molecular weight excluding hydrogens is 248 g/mol. The fraction of sp³-hybridized carbons (Fsp3) is 0.200. The van der Waals surface area contributed by atoms with E-state index in [1.54, 1.807) is 25.3 Å². The smallest absolute Gasteiger partial charge is 0.126 e. The van der Waals surface area contributed by atoms with Crippen molar-refractivity contribution >= 4 is 11.6 Å². The van der Waals surface area contributed by atoms with Gasteiger partial charge in [-0.05, 0) is 17.7 Å². The van der Waals surface area contributed by atoms with Crippen molar-refractivity contribution in [2.45, 2.75) is 12.5 Å². The largest absolute Gasteiger partial charge is 0.496 e. The normalized spacial score (nSPS) is 12.2. The molecule has 2 rings (SSSR count). The lowest BCUT2D eigenvalue weighted by atomic mass is 10.0. The molecule has 0 aromatic heterocycles. The maximum atomic E-state index is 10.3. The number of benzene rings is 2. The van der Waals surface area contributed by atoms with Gasteiger partial charge in [-0.25, -0.2) is 0 Å². The third-order valence-electron chi connectivity index (χ3n) is 2.83. The molecular formula is C15H15ClO2. The summed E-state index contributed by atoms with van der Waals surface area (Å²) >= 11 is 5.90. The summed E-state index contributed by atoms with van der Waals surface area (Å²) in [5, 5.41) is 10.9. The Labute approximate surface area is 112 Å². The molecule has 3 heteroatoms. The lowest BCUT2D eigenvalue weighted by Gasteiger charge is -2.15. The third-order valence-corrected chi connectivity index (χ3v) is 3.06. The van der Waals surface area contributed by atoms with Gasteiger partial charge in [0.15, 0.2) is 0 Å². The van der Waals surface area contributed by atoms with E-state index in [9.17, 15) is 5.11 Å². The highest BCUT2D eigenvalue weighted by atomic mass is 35.5. The van der Waals surface area contributed by atoms with Crippen LogP contribution in [0.5, 0.6) is 5.75 Å². The summed E-state index contributed by atoms with van der Waals surface area (Å²) in [6.45, 7) is 0. The summed E-state index contributed by atoms with van der Waals surface area (Å²) in [5.41, 5.74) is 1.84. The van der Waals surface area contributed by atoms with Crippen molar-refractivity contribution in [1.29, 1.82) is 0 Å². The quantitative estimate of drug-likeness (QED) is 0.912. The van der Waals surface area contributed by atoms with Crippen LogP contribution in [0.25, 0.3) is 0 Å². The standard InChI is InChI=1S/C15H15ClO2/c1-18-15-10-12(16)7-8-13(15)14(17)9-11-5-3-2-4-6-11/h2-8,10,14,17H,9H2,1H3. The number of aliphatic hydroxyl groups excluding tert-OH is 1. The lowest BCUT2D eigenvalue weighted by molar-refractivity contribution is 0.174. The van der Waals surface area contributed by atoms with Crippen molar-refractivity contribution in [1.82, 2.24) is 0 Å². The van der Waals surface area contributed by atoms with Gasteiger partial charge in [0.2, 0.25) is 0 Å². The molecule has 0 bridgehead atoms. The average Bonchev–Trinajstić information content (AvgIpc) is 2.39. The molecule has 0 radical (unpaired) electrons. The van der Waals surface area contributed by atoms with Crippen molar-refractivity contribution in [2.24, 2.45) is 0 Å². The van der Waals surface area contributed by atoms with Crippen LogP contribution in [0.4, 0.5) is 0 Å². The predicted octanol–water partition coefficient (Wildman–Crippen LogP) is 3.62. The topological polar surface area (TPSA) is 29.5 Å². The van der Waals surface area contributed by atoms with Gasteiger partial charge in [-0.1, -0.05) is 48.0 Å². The van der Waals surface area contributed by atoms with Crippen LogP contribution < -0.4 is 4.74 Å². The second-order valence-electron chi connectivity index (χ2n) is 4.09. The lowest BCUT2D eigenvalue weighted by Crippen LogP contribution is -2.04. The Bertz CT molecular complexity index is 511. The number of ether oxygens (including phenoxy) is 1. The zero-order valence-corrected chi connectivity index (χ0v) is 10.9. The molecule has 18 heavy (non-hydrogen) atoms. The molecule has 0 aliphatic carbocycles. The molecule has 1 N–H and O–H groups in total. The molecule has 1 atom stereocenters. The van der Waals surface area contributed by atoms with Crippen LogP contribution in [0.1, 0.15) is 17.2 Å². The van der Waals surface area contributed by atoms with Crippen molar-refractivity contribution in [3.63, 3.8) is 0 Å². The first kappa shape index (κ1) is 12.9. The molecule has 0 fully saturated rings. The van der Waals surface area contributed by atoms with Gasteiger partial charge in [-0.2, -0.15) is 0 Å². The summed E-state index contributed by atoms with van der Waals surface area (Å²) in [6, 6.07) is 15.1. The first-order chi connectivity index (χ1) is 8.70. The van der Waals surface area contributed by atoms with Gasteiger partial charge < -0.3 is 9.84 Å². The van der Waals surface area contributed by atoms with Crippen LogP contribution in [0, 0.1) is 0 Å². The number of rotatable bonds is 4. The molecule has 0 saturated heterocycles. The minimum Gasteiger partial charge on any atom is -0.496 e. The van der Waals surface area contributed by atoms with Gasteiger partial charge in [0.25, 0.3) is 0 Å². The summed E-state index contributed by atoms with van der Waals surface area (Å²) in [7, 11) is 1.57. The van der Waals surface area contributed by atoms with Gasteiger partial charge in [-0.3, -0.25) is 0 Å². The van der Waals surface area contributed by atoms with Gasteiger partial charge in [0.05, 0.1) is 13.2 Å². The van der Waals surface area contributed by atoms with E-state index >= 15 is 0 Å². The van der Waals surface area contributed by atoms with E-state index in [2.05, 4.69) is 0 Å². The zero-order valence-electron chi connectivity index (χ0n) is 10.1. The van der Waals surface area contributed by atoms with E-state index in [1.807, 2.05) is 30.3 Å². The molecule has 0 aliphatic rings. The van der Waals surface area contributed by atoms with Gasteiger partial charge in [0, 0.05) is 17.0 Å². The number of hydrogen-bond acceptors (Lipinski definition) is 2. The molecule has 0 spiro atoms. The minimum atomic E-state index is -0.598. The fourth-order valence-corrected chi connectivity index (χ4v) is 2.07. The van der Waals surface area contributed by atoms with E-state index < -0.39 is 6.10 Å². The molecule has 1 unspecified atom stereocenters. The van der Waals surface area contributed by atoms with E-state index in [0.717, 1.165) is 11.1 Å². The monoisotopic (exact) mass is 262 g/mol. The van der Waals surface area contributed by atoms with E-state index in [1.165, 1.54) is 0 Å². The maximum absolute atomic E-state index is 10.3. The molecule has 94 valence electrons. The number of aliphatic hydroxyl groups is 1. The Balaban J connectivity index is 2.21. The molecule has 0 heterocycles. The van der Waals surface area contributed by atoms with Crippen LogP contribution in [0.15, 0.2) is 48.5 Å². The van der Waals surface area contributed by atoms with Crippen LogP contribution in [-0.4, -0.2) is 12.2 Å². The van der Waals surface area contributed by atoms with Gasteiger partial charge >= 0.3 is 0 Å². The summed E-state index contributed by atoms with van der Waals surface area (Å²) in [5.74, 6) is 0.617. The van der Waals surface area contributed by atoms with Gasteiger partial charge in [-0.15, -0.1) is 0 Å². The number of methoxy groups -OCH3 is 1. The summed E-state index contributed by atoms with van der Waals surface area (Å²) in [4.78, 5) is 0. The Morgan fingerprint density at radius 1 is 1.17 bits per heavy atom. The van der Waals surface area contributed by atoms with Gasteiger partial charge in [0.1, 0.15) is 5.75 Å². The van der Waals surface area contributed by atoms with E-state index in [-0.39, 0.29) is 0 Å². The summed E-state index contributed by atoms with van der Waals surface area (Å²) < 4.78 is 5.24. The summed E-state index contributed by atoms with van der Waals surface area (Å²) in [6.07, 6.45) is -0.0432. The van der Waals surface area contributed by atoms with Crippen LogP contribution in [0.3, 0.4) is 0 Å². The third kappa shape index (κ3) is 3.03. The van der Waals surface area contributed by atoms with Crippen molar-refractivity contribution in [3.05, 3.63) is 64.7 Å². The first-order valence-corrected chi connectivity index (χ1v) is 6.14. The van der Waals surface area contributed by atoms with Crippen LogP contribution in [0.2, 0.25) is 5.02 Å². The second kappa shape index (κ2) is 5.89. The number of halogens is 1. The van der Waals surface area contributed by atoms with E-state index in [4.69, 9.17) is 16.3 Å². The Hall–Kier alpha value is -1.51. The zero-order chi connectivity index (χ0) is 13.0. The molecule has 2 nitrogen and oxygen atoms in total. The average molecular weight is 263 g/mol. The van der Waals surface area contributed by atoms with E-state index in [0.29, 0.717) is 17.2 Å². The first-order valence-electron chi connectivity index (χ1n) is 5.76. The predicted molar refractivity (Wildman–Crippen MR) is 73.1 cm³/mol. The second-order valence-corrected chi connectivity index (χ2v) is 4.53. The Morgan fingerprint density at radius 2 is 1.89 bits per heavy atom. The number of hydrogen-bond donors (Lipinski definition) is 1. The Morgan fingerprint density at radius 3 is 2.56 bits per heavy atom. The fourth-order valence-electron chi connectivity index (χ4n) is 1.91. The minimum absolute atomic E-state index is 0.554. The van der Waals surface area contributed by atoms with Crippen molar-refractivity contribution in [2.75, 3.05) is 7.11 Å². The molecule has 0 saturated carbocycles. The van der Waals surface area contributed by atoms with Crippen molar-refractivity contribution < 1.29 is 9.84 Å². The molecule has 2 aromatic carbocycles. The molecule has 2 aromatic rings.